The number of furan rings is 1. The van der Waals surface area contributed by atoms with E-state index in [0.717, 1.165) is 38.4 Å². The standard InChI is InChI=1S/C14H26N2O2/c1-5-7-15-9-14-13(6-8-18-14)10-16(3)12(2)11-17-4/h6,8,12,15H,5,7,9-11H2,1-4H3. The van der Waals surface area contributed by atoms with Crippen LogP contribution >= 0.6 is 0 Å². The SMILES string of the molecule is CCCNCc1occc1CN(C)C(C)COC. The van der Waals surface area contributed by atoms with Crippen molar-refractivity contribution in [3.63, 3.8) is 0 Å². The van der Waals surface area contributed by atoms with Crippen molar-refractivity contribution in [3.05, 3.63) is 23.7 Å². The summed E-state index contributed by atoms with van der Waals surface area (Å²) in [7, 11) is 3.85. The van der Waals surface area contributed by atoms with Crippen molar-refractivity contribution >= 4 is 0 Å². The molecule has 1 aromatic heterocycles. The third kappa shape index (κ3) is 4.80. The molecule has 0 fully saturated rings. The molecule has 1 atom stereocenters. The van der Waals surface area contributed by atoms with Gasteiger partial charge in [-0.3, -0.25) is 4.90 Å². The first-order valence-corrected chi connectivity index (χ1v) is 6.64. The first kappa shape index (κ1) is 15.2. The van der Waals surface area contributed by atoms with Gasteiger partial charge in [-0.2, -0.15) is 0 Å². The first-order chi connectivity index (χ1) is 8.69. The Bertz CT molecular complexity index is 325. The van der Waals surface area contributed by atoms with Gasteiger partial charge in [0.25, 0.3) is 0 Å². The Morgan fingerprint density at radius 1 is 1.50 bits per heavy atom. The van der Waals surface area contributed by atoms with Crippen molar-refractivity contribution in [3.8, 4) is 0 Å². The number of methoxy groups -OCH3 is 1. The van der Waals surface area contributed by atoms with Gasteiger partial charge in [0.05, 0.1) is 19.4 Å². The van der Waals surface area contributed by atoms with E-state index >= 15 is 0 Å². The highest BCUT2D eigenvalue weighted by Gasteiger charge is 2.13. The molecule has 0 bridgehead atoms. The van der Waals surface area contributed by atoms with E-state index in [0.29, 0.717) is 6.04 Å². The molecule has 1 aromatic rings. The number of ether oxygens (including phenoxy) is 1. The summed E-state index contributed by atoms with van der Waals surface area (Å²) in [6.45, 7) is 7.80. The molecular formula is C14H26N2O2. The molecule has 0 aromatic carbocycles. The van der Waals surface area contributed by atoms with Gasteiger partial charge in [-0.15, -0.1) is 0 Å². The smallest absolute Gasteiger partial charge is 0.122 e. The van der Waals surface area contributed by atoms with Crippen LogP contribution in [0.5, 0.6) is 0 Å². The van der Waals surface area contributed by atoms with Gasteiger partial charge in [-0.25, -0.2) is 0 Å². The summed E-state index contributed by atoms with van der Waals surface area (Å²) in [6.07, 6.45) is 2.91. The maximum Gasteiger partial charge on any atom is 0.122 e. The number of nitrogens with zero attached hydrogens (tertiary/aromatic N) is 1. The van der Waals surface area contributed by atoms with Crippen LogP contribution in [0.25, 0.3) is 0 Å². The van der Waals surface area contributed by atoms with E-state index in [4.69, 9.17) is 9.15 Å². The minimum atomic E-state index is 0.404. The summed E-state index contributed by atoms with van der Waals surface area (Å²) in [4.78, 5) is 2.28. The first-order valence-electron chi connectivity index (χ1n) is 6.64. The average Bonchev–Trinajstić information content (AvgIpc) is 2.77. The van der Waals surface area contributed by atoms with Crippen LogP contribution in [0.2, 0.25) is 0 Å². The van der Waals surface area contributed by atoms with Gasteiger partial charge in [-0.05, 0) is 33.0 Å². The van der Waals surface area contributed by atoms with Crippen LogP contribution in [0.15, 0.2) is 16.7 Å². The van der Waals surface area contributed by atoms with Crippen LogP contribution in [0, 0.1) is 0 Å². The lowest BCUT2D eigenvalue weighted by Crippen LogP contribution is -2.32. The van der Waals surface area contributed by atoms with Crippen molar-refractivity contribution < 1.29 is 9.15 Å². The summed E-state index contributed by atoms with van der Waals surface area (Å²) in [5, 5.41) is 3.37. The van der Waals surface area contributed by atoms with Crippen molar-refractivity contribution in [2.75, 3.05) is 27.3 Å². The third-order valence-electron chi connectivity index (χ3n) is 3.13. The summed E-state index contributed by atoms with van der Waals surface area (Å²) in [5.74, 6) is 1.04. The molecule has 1 N–H and O–H groups in total. The van der Waals surface area contributed by atoms with E-state index in [2.05, 4.69) is 37.2 Å². The largest absolute Gasteiger partial charge is 0.468 e. The Morgan fingerprint density at radius 3 is 2.94 bits per heavy atom. The van der Waals surface area contributed by atoms with Gasteiger partial charge in [0, 0.05) is 25.3 Å². The fraction of sp³-hybridized carbons (Fsp3) is 0.714. The van der Waals surface area contributed by atoms with Gasteiger partial charge in [0.15, 0.2) is 0 Å². The molecule has 0 aliphatic carbocycles. The summed E-state index contributed by atoms with van der Waals surface area (Å²) in [6, 6.07) is 2.46. The number of likely N-dealkylation sites (N-methyl/N-ethyl adjacent to an activating group) is 1. The quantitative estimate of drug-likeness (QED) is 0.686. The van der Waals surface area contributed by atoms with Crippen LogP contribution in [-0.4, -0.2) is 38.3 Å². The van der Waals surface area contributed by atoms with Crippen molar-refractivity contribution in [2.24, 2.45) is 0 Å². The molecule has 1 unspecified atom stereocenters. The molecule has 18 heavy (non-hydrogen) atoms. The minimum absolute atomic E-state index is 0.404. The highest BCUT2D eigenvalue weighted by Crippen LogP contribution is 2.14. The molecule has 1 rings (SSSR count). The van der Waals surface area contributed by atoms with E-state index in [-0.39, 0.29) is 0 Å². The van der Waals surface area contributed by atoms with Gasteiger partial charge in [0.1, 0.15) is 5.76 Å². The molecule has 0 saturated heterocycles. The molecule has 1 heterocycles. The zero-order valence-electron chi connectivity index (χ0n) is 12.0. The van der Waals surface area contributed by atoms with Gasteiger partial charge >= 0.3 is 0 Å². The molecule has 0 saturated carbocycles. The van der Waals surface area contributed by atoms with Crippen LogP contribution in [0.1, 0.15) is 31.6 Å². The van der Waals surface area contributed by atoms with Crippen LogP contribution < -0.4 is 5.32 Å². The number of nitrogens with one attached hydrogen (secondary N) is 1. The van der Waals surface area contributed by atoms with Crippen LogP contribution in [0.4, 0.5) is 0 Å². The fourth-order valence-corrected chi connectivity index (χ4v) is 1.83. The normalized spacial score (nSPS) is 13.2. The van der Waals surface area contributed by atoms with Gasteiger partial charge < -0.3 is 14.5 Å². The molecule has 0 radical (unpaired) electrons. The van der Waals surface area contributed by atoms with Crippen molar-refractivity contribution in [1.29, 1.82) is 0 Å². The lowest BCUT2D eigenvalue weighted by atomic mass is 10.2. The Kier molecular flexibility index (Phi) is 7.01. The van der Waals surface area contributed by atoms with Gasteiger partial charge in [0.2, 0.25) is 0 Å². The molecule has 0 spiro atoms. The molecule has 104 valence electrons. The van der Waals surface area contributed by atoms with Crippen molar-refractivity contribution in [2.45, 2.75) is 39.4 Å². The summed E-state index contributed by atoms with van der Waals surface area (Å²) < 4.78 is 10.7. The van der Waals surface area contributed by atoms with E-state index in [9.17, 15) is 0 Å². The van der Waals surface area contributed by atoms with E-state index in [1.807, 2.05) is 0 Å². The summed E-state index contributed by atoms with van der Waals surface area (Å²) >= 11 is 0. The average molecular weight is 254 g/mol. The zero-order valence-corrected chi connectivity index (χ0v) is 12.0. The van der Waals surface area contributed by atoms with Crippen LogP contribution in [0.3, 0.4) is 0 Å². The number of hydrogen-bond donors (Lipinski definition) is 1. The molecule has 4 heteroatoms. The van der Waals surface area contributed by atoms with E-state index < -0.39 is 0 Å². The summed E-state index contributed by atoms with van der Waals surface area (Å²) in [5.41, 5.74) is 1.25. The lowest BCUT2D eigenvalue weighted by molar-refractivity contribution is 0.111. The maximum atomic E-state index is 5.53. The Hall–Kier alpha value is -0.840. The van der Waals surface area contributed by atoms with E-state index in [1.165, 1.54) is 5.56 Å². The zero-order chi connectivity index (χ0) is 13.4. The fourth-order valence-electron chi connectivity index (χ4n) is 1.83. The van der Waals surface area contributed by atoms with Crippen molar-refractivity contribution in [1.82, 2.24) is 10.2 Å². The highest BCUT2D eigenvalue weighted by molar-refractivity contribution is 5.16. The third-order valence-corrected chi connectivity index (χ3v) is 3.13. The molecule has 0 amide bonds. The molecule has 0 aliphatic heterocycles. The number of rotatable bonds is 9. The molecular weight excluding hydrogens is 228 g/mol. The lowest BCUT2D eigenvalue weighted by Gasteiger charge is -2.23. The Labute approximate surface area is 110 Å². The second-order valence-electron chi connectivity index (χ2n) is 4.77. The van der Waals surface area contributed by atoms with Gasteiger partial charge in [-0.1, -0.05) is 6.92 Å². The number of hydrogen-bond acceptors (Lipinski definition) is 4. The minimum Gasteiger partial charge on any atom is -0.468 e. The highest BCUT2D eigenvalue weighted by atomic mass is 16.5. The Morgan fingerprint density at radius 2 is 2.28 bits per heavy atom. The second kappa shape index (κ2) is 8.29. The predicted octanol–water partition coefficient (Wildman–Crippen LogP) is 2.25. The molecule has 0 aliphatic rings. The topological polar surface area (TPSA) is 37.6 Å². The Balaban J connectivity index is 2.48. The van der Waals surface area contributed by atoms with Crippen LogP contribution in [-0.2, 0) is 17.8 Å². The predicted molar refractivity (Wildman–Crippen MR) is 73.5 cm³/mol. The molecule has 4 nitrogen and oxygen atoms in total. The maximum absolute atomic E-state index is 5.53. The monoisotopic (exact) mass is 254 g/mol. The van der Waals surface area contributed by atoms with E-state index in [1.54, 1.807) is 13.4 Å². The second-order valence-corrected chi connectivity index (χ2v) is 4.77.